The number of esters is 1. The Labute approximate surface area is 149 Å². The first-order chi connectivity index (χ1) is 11.5. The largest absolute Gasteiger partial charge is 0.493 e. The third-order valence-electron chi connectivity index (χ3n) is 3.14. The summed E-state index contributed by atoms with van der Waals surface area (Å²) in [6.07, 6.45) is 0.0816. The summed E-state index contributed by atoms with van der Waals surface area (Å²) in [5.41, 5.74) is 1.71. The number of nitrogens with one attached hydrogen (secondary N) is 1. The first kappa shape index (κ1) is 18.0. The number of hydrogen-bond acceptors (Lipinski definition) is 4. The smallest absolute Gasteiger partial charge is 0.309 e. The Morgan fingerprint density at radius 2 is 1.88 bits per heavy atom. The molecular weight excluding hydrogens is 374 g/mol. The molecule has 0 heterocycles. The minimum absolute atomic E-state index is 0.0816. The van der Waals surface area contributed by atoms with Crippen molar-refractivity contribution >= 4 is 33.5 Å². The van der Waals surface area contributed by atoms with Gasteiger partial charge >= 0.3 is 5.97 Å². The maximum absolute atomic E-state index is 11.8. The molecular formula is C18H18BrNO4. The highest BCUT2D eigenvalue weighted by Crippen LogP contribution is 2.20. The fourth-order valence-electron chi connectivity index (χ4n) is 1.85. The summed E-state index contributed by atoms with van der Waals surface area (Å²) in [7, 11) is 0. The van der Waals surface area contributed by atoms with Crippen molar-refractivity contribution in [2.75, 3.05) is 18.5 Å². The second-order valence-corrected chi connectivity index (χ2v) is 5.94. The molecule has 0 fully saturated rings. The fourth-order valence-corrected chi connectivity index (χ4v) is 2.23. The molecule has 2 aromatic carbocycles. The highest BCUT2D eigenvalue weighted by Gasteiger charge is 2.09. The standard InChI is InChI=1S/C18H18BrNO4/c1-13-7-8-14(11-16(13)19)20-17(21)12-24-18(22)9-10-23-15-5-3-2-4-6-15/h2-8,11H,9-10,12H2,1H3,(H,20,21). The molecule has 0 aliphatic rings. The maximum atomic E-state index is 11.8. The van der Waals surface area contributed by atoms with E-state index in [4.69, 9.17) is 9.47 Å². The lowest BCUT2D eigenvalue weighted by Crippen LogP contribution is -2.21. The molecule has 0 bridgehead atoms. The first-order valence-corrected chi connectivity index (χ1v) is 8.23. The molecule has 2 aromatic rings. The van der Waals surface area contributed by atoms with Crippen LogP contribution in [0.3, 0.4) is 0 Å². The molecule has 1 N–H and O–H groups in total. The van der Waals surface area contributed by atoms with Gasteiger partial charge in [0.25, 0.3) is 5.91 Å². The molecule has 0 aromatic heterocycles. The number of para-hydroxylation sites is 1. The second kappa shape index (κ2) is 9.08. The van der Waals surface area contributed by atoms with Gasteiger partial charge in [-0.15, -0.1) is 0 Å². The van der Waals surface area contributed by atoms with Gasteiger partial charge in [-0.25, -0.2) is 0 Å². The number of anilines is 1. The van der Waals surface area contributed by atoms with Crippen LogP contribution in [0.15, 0.2) is 53.0 Å². The number of amides is 1. The molecule has 5 nitrogen and oxygen atoms in total. The molecule has 0 atom stereocenters. The zero-order valence-corrected chi connectivity index (χ0v) is 14.8. The van der Waals surface area contributed by atoms with Gasteiger partial charge in [0.1, 0.15) is 5.75 Å². The molecule has 1 amide bonds. The average Bonchev–Trinajstić information content (AvgIpc) is 2.57. The number of carbonyl (C=O) groups excluding carboxylic acids is 2. The van der Waals surface area contributed by atoms with Crippen molar-refractivity contribution in [3.63, 3.8) is 0 Å². The highest BCUT2D eigenvalue weighted by molar-refractivity contribution is 9.10. The van der Waals surface area contributed by atoms with Crippen molar-refractivity contribution in [2.45, 2.75) is 13.3 Å². The van der Waals surface area contributed by atoms with E-state index in [1.807, 2.05) is 31.2 Å². The van der Waals surface area contributed by atoms with Gasteiger partial charge in [-0.2, -0.15) is 0 Å². The Balaban J connectivity index is 1.67. The molecule has 24 heavy (non-hydrogen) atoms. The quantitative estimate of drug-likeness (QED) is 0.730. The Hall–Kier alpha value is -2.34. The van der Waals surface area contributed by atoms with Crippen molar-refractivity contribution in [2.24, 2.45) is 0 Å². The Bertz CT molecular complexity index is 703. The number of hydrogen-bond donors (Lipinski definition) is 1. The van der Waals surface area contributed by atoms with E-state index in [9.17, 15) is 9.59 Å². The van der Waals surface area contributed by atoms with E-state index in [1.165, 1.54) is 0 Å². The van der Waals surface area contributed by atoms with Crippen LogP contribution in [0.1, 0.15) is 12.0 Å². The van der Waals surface area contributed by atoms with Gasteiger partial charge in [0, 0.05) is 10.2 Å². The molecule has 0 saturated heterocycles. The molecule has 0 aliphatic carbocycles. The zero-order chi connectivity index (χ0) is 17.4. The van der Waals surface area contributed by atoms with Gasteiger partial charge in [0.2, 0.25) is 0 Å². The number of ether oxygens (including phenoxy) is 2. The third-order valence-corrected chi connectivity index (χ3v) is 3.99. The van der Waals surface area contributed by atoms with E-state index in [2.05, 4.69) is 21.2 Å². The van der Waals surface area contributed by atoms with Gasteiger partial charge in [-0.1, -0.05) is 40.2 Å². The molecule has 0 unspecified atom stereocenters. The first-order valence-electron chi connectivity index (χ1n) is 7.44. The van der Waals surface area contributed by atoms with Crippen LogP contribution in [0.4, 0.5) is 5.69 Å². The summed E-state index contributed by atoms with van der Waals surface area (Å²) in [5, 5.41) is 2.67. The SMILES string of the molecule is Cc1ccc(NC(=O)COC(=O)CCOc2ccccc2)cc1Br. The molecule has 0 saturated carbocycles. The van der Waals surface area contributed by atoms with Gasteiger partial charge in [0.15, 0.2) is 6.61 Å². The third kappa shape index (κ3) is 6.04. The van der Waals surface area contributed by atoms with Crippen molar-refractivity contribution in [3.8, 4) is 5.75 Å². The monoisotopic (exact) mass is 391 g/mol. The molecule has 6 heteroatoms. The topological polar surface area (TPSA) is 64.6 Å². The Kier molecular flexibility index (Phi) is 6.81. The second-order valence-electron chi connectivity index (χ2n) is 5.08. The van der Waals surface area contributed by atoms with Crippen LogP contribution in [-0.4, -0.2) is 25.1 Å². The molecule has 126 valence electrons. The fraction of sp³-hybridized carbons (Fsp3) is 0.222. The maximum Gasteiger partial charge on any atom is 0.309 e. The number of halogens is 1. The van der Waals surface area contributed by atoms with Crippen molar-refractivity contribution in [3.05, 3.63) is 58.6 Å². The zero-order valence-electron chi connectivity index (χ0n) is 13.3. The van der Waals surface area contributed by atoms with Crippen LogP contribution in [0.2, 0.25) is 0 Å². The number of aryl methyl sites for hydroxylation is 1. The van der Waals surface area contributed by atoms with Crippen molar-refractivity contribution in [1.29, 1.82) is 0 Å². The predicted octanol–water partition coefficient (Wildman–Crippen LogP) is 3.71. The van der Waals surface area contributed by atoms with Crippen molar-refractivity contribution in [1.82, 2.24) is 0 Å². The minimum atomic E-state index is -0.480. The summed E-state index contributed by atoms with van der Waals surface area (Å²) in [5.74, 6) is -0.178. The van der Waals surface area contributed by atoms with Crippen LogP contribution in [0.5, 0.6) is 5.75 Å². The number of rotatable bonds is 7. The minimum Gasteiger partial charge on any atom is -0.493 e. The molecule has 0 aliphatic heterocycles. The summed E-state index contributed by atoms with van der Waals surface area (Å²) < 4.78 is 11.2. The van der Waals surface area contributed by atoms with Crippen LogP contribution in [-0.2, 0) is 14.3 Å². The Morgan fingerprint density at radius 1 is 1.12 bits per heavy atom. The summed E-state index contributed by atoms with van der Waals surface area (Å²) >= 11 is 3.40. The number of benzene rings is 2. The predicted molar refractivity (Wildman–Crippen MR) is 95.0 cm³/mol. The normalized spacial score (nSPS) is 10.1. The lowest BCUT2D eigenvalue weighted by molar-refractivity contribution is -0.147. The highest BCUT2D eigenvalue weighted by atomic mass is 79.9. The summed E-state index contributed by atoms with van der Waals surface area (Å²) in [4.78, 5) is 23.4. The van der Waals surface area contributed by atoms with E-state index in [0.29, 0.717) is 11.4 Å². The van der Waals surface area contributed by atoms with Gasteiger partial charge in [-0.05, 0) is 36.8 Å². The van der Waals surface area contributed by atoms with Crippen LogP contribution in [0, 0.1) is 6.92 Å². The van der Waals surface area contributed by atoms with Gasteiger partial charge in [0.05, 0.1) is 13.0 Å². The van der Waals surface area contributed by atoms with Crippen LogP contribution < -0.4 is 10.1 Å². The molecule has 0 radical (unpaired) electrons. The molecule has 2 rings (SSSR count). The van der Waals surface area contributed by atoms with Crippen LogP contribution in [0.25, 0.3) is 0 Å². The van der Waals surface area contributed by atoms with E-state index in [1.54, 1.807) is 24.3 Å². The van der Waals surface area contributed by atoms with E-state index in [-0.39, 0.29) is 25.5 Å². The lowest BCUT2D eigenvalue weighted by atomic mass is 10.2. The molecule has 0 spiro atoms. The summed E-state index contributed by atoms with van der Waals surface area (Å²) in [6.45, 7) is 1.83. The Morgan fingerprint density at radius 3 is 2.58 bits per heavy atom. The summed E-state index contributed by atoms with van der Waals surface area (Å²) in [6, 6.07) is 14.6. The van der Waals surface area contributed by atoms with Gasteiger partial charge < -0.3 is 14.8 Å². The van der Waals surface area contributed by atoms with Crippen LogP contribution >= 0.6 is 15.9 Å². The average molecular weight is 392 g/mol. The van der Waals surface area contributed by atoms with Gasteiger partial charge in [-0.3, -0.25) is 9.59 Å². The van der Waals surface area contributed by atoms with E-state index >= 15 is 0 Å². The lowest BCUT2D eigenvalue weighted by Gasteiger charge is -2.08. The van der Waals surface area contributed by atoms with E-state index < -0.39 is 5.97 Å². The van der Waals surface area contributed by atoms with E-state index in [0.717, 1.165) is 10.0 Å². The van der Waals surface area contributed by atoms with Crippen molar-refractivity contribution < 1.29 is 19.1 Å². The number of carbonyl (C=O) groups is 2.